The zero-order valence-electron chi connectivity index (χ0n) is 10.6. The number of anilines is 1. The summed E-state index contributed by atoms with van der Waals surface area (Å²) in [5, 5.41) is 14.3. The van der Waals surface area contributed by atoms with Gasteiger partial charge in [-0.3, -0.25) is 9.59 Å². The van der Waals surface area contributed by atoms with Crippen LogP contribution in [0.5, 0.6) is 0 Å². The van der Waals surface area contributed by atoms with Crippen LogP contribution in [0.1, 0.15) is 19.4 Å². The molecule has 1 unspecified atom stereocenters. The summed E-state index contributed by atoms with van der Waals surface area (Å²) < 4.78 is 0. The Morgan fingerprint density at radius 3 is 2.39 bits per heavy atom. The number of aliphatic carboxylic acids is 1. The lowest BCUT2D eigenvalue weighted by Gasteiger charge is -2.11. The van der Waals surface area contributed by atoms with Crippen LogP contribution in [-0.2, 0) is 16.0 Å². The molecule has 0 aromatic heterocycles. The Morgan fingerprint density at radius 1 is 1.28 bits per heavy atom. The van der Waals surface area contributed by atoms with Gasteiger partial charge in [0.05, 0.1) is 6.42 Å². The zero-order valence-corrected chi connectivity index (χ0v) is 10.6. The Morgan fingerprint density at radius 2 is 1.89 bits per heavy atom. The van der Waals surface area contributed by atoms with Crippen molar-refractivity contribution in [2.24, 2.45) is 0 Å². The number of carbonyl (C=O) groups is 2. The maximum absolute atomic E-state index is 11.4. The van der Waals surface area contributed by atoms with Crippen LogP contribution in [0, 0.1) is 0 Å². The van der Waals surface area contributed by atoms with E-state index < -0.39 is 12.0 Å². The summed E-state index contributed by atoms with van der Waals surface area (Å²) in [5.41, 5.74) is 1.62. The van der Waals surface area contributed by atoms with Crippen molar-refractivity contribution in [3.63, 3.8) is 0 Å². The minimum atomic E-state index is -0.901. The van der Waals surface area contributed by atoms with E-state index >= 15 is 0 Å². The normalized spacial score (nSPS) is 11.7. The number of benzene rings is 1. The van der Waals surface area contributed by atoms with Gasteiger partial charge in [0.25, 0.3) is 0 Å². The SMILES string of the molecule is CCNC(=O)Cc1ccc(NC(C)C(=O)O)cc1. The molecule has 5 nitrogen and oxygen atoms in total. The number of carboxylic acid groups (broad SMARTS) is 1. The first-order valence-corrected chi connectivity index (χ1v) is 5.88. The Kier molecular flexibility index (Phi) is 5.17. The average molecular weight is 250 g/mol. The summed E-state index contributed by atoms with van der Waals surface area (Å²) in [4.78, 5) is 22.0. The van der Waals surface area contributed by atoms with Crippen LogP contribution < -0.4 is 10.6 Å². The first kappa shape index (κ1) is 14.0. The highest BCUT2D eigenvalue weighted by Crippen LogP contribution is 2.11. The van der Waals surface area contributed by atoms with Crippen molar-refractivity contribution in [2.75, 3.05) is 11.9 Å². The van der Waals surface area contributed by atoms with Crippen molar-refractivity contribution in [3.05, 3.63) is 29.8 Å². The predicted molar refractivity (Wildman–Crippen MR) is 69.6 cm³/mol. The number of rotatable bonds is 6. The maximum atomic E-state index is 11.4. The standard InChI is InChI=1S/C13H18N2O3/c1-3-14-12(16)8-10-4-6-11(7-5-10)15-9(2)13(17)18/h4-7,9,15H,3,8H2,1-2H3,(H,14,16)(H,17,18). The average Bonchev–Trinajstić information content (AvgIpc) is 2.31. The minimum Gasteiger partial charge on any atom is -0.480 e. The molecular weight excluding hydrogens is 232 g/mol. The van der Waals surface area contributed by atoms with Gasteiger partial charge in [-0.15, -0.1) is 0 Å². The van der Waals surface area contributed by atoms with E-state index in [-0.39, 0.29) is 5.91 Å². The van der Waals surface area contributed by atoms with Gasteiger partial charge in [-0.2, -0.15) is 0 Å². The smallest absolute Gasteiger partial charge is 0.325 e. The Bertz CT molecular complexity index is 415. The number of carboxylic acids is 1. The van der Waals surface area contributed by atoms with E-state index in [4.69, 9.17) is 5.11 Å². The Hall–Kier alpha value is -2.04. The molecule has 1 atom stereocenters. The third kappa shape index (κ3) is 4.45. The molecule has 0 bridgehead atoms. The van der Waals surface area contributed by atoms with Crippen LogP contribution in [0.15, 0.2) is 24.3 Å². The molecule has 0 heterocycles. The van der Waals surface area contributed by atoms with Crippen LogP contribution >= 0.6 is 0 Å². The second kappa shape index (κ2) is 6.64. The van der Waals surface area contributed by atoms with Crippen LogP contribution in [0.4, 0.5) is 5.69 Å². The summed E-state index contributed by atoms with van der Waals surface area (Å²) in [7, 11) is 0. The number of hydrogen-bond acceptors (Lipinski definition) is 3. The number of carbonyl (C=O) groups excluding carboxylic acids is 1. The van der Waals surface area contributed by atoms with E-state index in [1.807, 2.05) is 19.1 Å². The van der Waals surface area contributed by atoms with Gasteiger partial charge in [0.2, 0.25) is 5.91 Å². The van der Waals surface area contributed by atoms with E-state index in [2.05, 4.69) is 10.6 Å². The highest BCUT2D eigenvalue weighted by molar-refractivity contribution is 5.79. The highest BCUT2D eigenvalue weighted by Gasteiger charge is 2.09. The highest BCUT2D eigenvalue weighted by atomic mass is 16.4. The fourth-order valence-corrected chi connectivity index (χ4v) is 1.48. The van der Waals surface area contributed by atoms with Crippen molar-refractivity contribution in [1.82, 2.24) is 5.32 Å². The van der Waals surface area contributed by atoms with Gasteiger partial charge in [-0.25, -0.2) is 0 Å². The van der Waals surface area contributed by atoms with Gasteiger partial charge < -0.3 is 15.7 Å². The largest absolute Gasteiger partial charge is 0.480 e. The molecular formula is C13H18N2O3. The molecule has 3 N–H and O–H groups in total. The topological polar surface area (TPSA) is 78.4 Å². The van der Waals surface area contributed by atoms with Crippen molar-refractivity contribution in [2.45, 2.75) is 26.3 Å². The first-order valence-electron chi connectivity index (χ1n) is 5.88. The van der Waals surface area contributed by atoms with E-state index in [9.17, 15) is 9.59 Å². The second-order valence-electron chi connectivity index (χ2n) is 4.03. The van der Waals surface area contributed by atoms with E-state index in [0.717, 1.165) is 11.3 Å². The third-order valence-electron chi connectivity index (χ3n) is 2.45. The van der Waals surface area contributed by atoms with Crippen LogP contribution in [0.3, 0.4) is 0 Å². The van der Waals surface area contributed by atoms with Gasteiger partial charge in [0, 0.05) is 12.2 Å². The van der Waals surface area contributed by atoms with Gasteiger partial charge >= 0.3 is 5.97 Å². The zero-order chi connectivity index (χ0) is 13.5. The van der Waals surface area contributed by atoms with Gasteiger partial charge in [-0.05, 0) is 31.5 Å². The van der Waals surface area contributed by atoms with Gasteiger partial charge in [0.15, 0.2) is 0 Å². The second-order valence-corrected chi connectivity index (χ2v) is 4.03. The summed E-state index contributed by atoms with van der Waals surface area (Å²) >= 11 is 0. The first-order chi connectivity index (χ1) is 8.52. The molecule has 5 heteroatoms. The number of likely N-dealkylation sites (N-methyl/N-ethyl adjacent to an activating group) is 1. The predicted octanol–water partition coefficient (Wildman–Crippen LogP) is 1.25. The van der Waals surface area contributed by atoms with Crippen LogP contribution in [0.2, 0.25) is 0 Å². The van der Waals surface area contributed by atoms with E-state index in [1.165, 1.54) is 0 Å². The lowest BCUT2D eigenvalue weighted by atomic mass is 10.1. The van der Waals surface area contributed by atoms with E-state index in [1.54, 1.807) is 19.1 Å². The number of hydrogen-bond donors (Lipinski definition) is 3. The molecule has 1 aromatic rings. The molecule has 18 heavy (non-hydrogen) atoms. The van der Waals surface area contributed by atoms with E-state index in [0.29, 0.717) is 13.0 Å². The lowest BCUT2D eigenvalue weighted by Crippen LogP contribution is -2.25. The summed E-state index contributed by atoms with van der Waals surface area (Å²) in [6.45, 7) is 4.07. The molecule has 0 aliphatic rings. The van der Waals surface area contributed by atoms with Crippen LogP contribution in [-0.4, -0.2) is 29.6 Å². The molecule has 0 spiro atoms. The molecule has 0 radical (unpaired) electrons. The molecule has 1 aromatic carbocycles. The quantitative estimate of drug-likeness (QED) is 0.710. The monoisotopic (exact) mass is 250 g/mol. The Labute approximate surface area is 106 Å². The van der Waals surface area contributed by atoms with Gasteiger partial charge in [-0.1, -0.05) is 12.1 Å². The van der Waals surface area contributed by atoms with Crippen molar-refractivity contribution in [1.29, 1.82) is 0 Å². The lowest BCUT2D eigenvalue weighted by molar-refractivity contribution is -0.137. The molecule has 1 rings (SSSR count). The summed E-state index contributed by atoms with van der Waals surface area (Å²) in [6, 6.07) is 6.53. The minimum absolute atomic E-state index is 0.0166. The fourth-order valence-electron chi connectivity index (χ4n) is 1.48. The molecule has 0 saturated carbocycles. The molecule has 0 fully saturated rings. The molecule has 0 aliphatic heterocycles. The third-order valence-corrected chi connectivity index (χ3v) is 2.45. The molecule has 0 aliphatic carbocycles. The van der Waals surface area contributed by atoms with Gasteiger partial charge in [0.1, 0.15) is 6.04 Å². The molecule has 1 amide bonds. The van der Waals surface area contributed by atoms with Crippen LogP contribution in [0.25, 0.3) is 0 Å². The summed E-state index contributed by atoms with van der Waals surface area (Å²) in [5.74, 6) is -0.918. The summed E-state index contributed by atoms with van der Waals surface area (Å²) in [6.07, 6.45) is 0.336. The fraction of sp³-hybridized carbons (Fsp3) is 0.385. The van der Waals surface area contributed by atoms with Crippen molar-refractivity contribution >= 4 is 17.6 Å². The van der Waals surface area contributed by atoms with Crippen molar-refractivity contribution < 1.29 is 14.7 Å². The molecule has 98 valence electrons. The number of amides is 1. The maximum Gasteiger partial charge on any atom is 0.325 e. The molecule has 0 saturated heterocycles. The number of nitrogens with one attached hydrogen (secondary N) is 2. The Balaban J connectivity index is 2.57. The van der Waals surface area contributed by atoms with Crippen molar-refractivity contribution in [3.8, 4) is 0 Å².